The summed E-state index contributed by atoms with van der Waals surface area (Å²) in [5.41, 5.74) is 10.7. The van der Waals surface area contributed by atoms with Crippen molar-refractivity contribution in [1.29, 1.82) is 0 Å². The van der Waals surface area contributed by atoms with E-state index < -0.39 is 0 Å². The van der Waals surface area contributed by atoms with Crippen molar-refractivity contribution in [2.45, 2.75) is 6.42 Å². The minimum atomic E-state index is 0.233. The highest BCUT2D eigenvalue weighted by Gasteiger charge is 2.14. The van der Waals surface area contributed by atoms with Crippen molar-refractivity contribution in [2.75, 3.05) is 20.0 Å². The molecule has 7 nitrogen and oxygen atoms in total. The number of nitrogens with two attached hydrogens (primary N) is 1. The Balaban J connectivity index is 1.84. The van der Waals surface area contributed by atoms with Crippen LogP contribution >= 0.6 is 0 Å². The zero-order valence-electron chi connectivity index (χ0n) is 15.6. The van der Waals surface area contributed by atoms with Crippen molar-refractivity contribution >= 4 is 17.0 Å². The molecule has 0 unspecified atom stereocenters. The molecule has 0 amide bonds. The molecule has 3 aromatic heterocycles. The van der Waals surface area contributed by atoms with Crippen LogP contribution in [-0.4, -0.2) is 34.2 Å². The van der Waals surface area contributed by atoms with Crippen molar-refractivity contribution < 1.29 is 9.47 Å². The maximum atomic E-state index is 5.91. The van der Waals surface area contributed by atoms with Crippen LogP contribution in [0.5, 0.6) is 11.8 Å². The molecule has 0 saturated carbocycles. The largest absolute Gasteiger partial charge is 0.481 e. The zero-order valence-corrected chi connectivity index (χ0v) is 15.6. The van der Waals surface area contributed by atoms with Crippen LogP contribution in [0.15, 0.2) is 54.6 Å². The topological polar surface area (TPSA) is 96.0 Å². The fourth-order valence-corrected chi connectivity index (χ4v) is 3.04. The molecule has 7 heteroatoms. The Morgan fingerprint density at radius 3 is 2.39 bits per heavy atom. The van der Waals surface area contributed by atoms with E-state index in [1.54, 1.807) is 20.3 Å². The number of methoxy groups -OCH3 is 2. The monoisotopic (exact) mass is 373 g/mol. The lowest BCUT2D eigenvalue weighted by atomic mass is 10.1. The third-order valence-corrected chi connectivity index (χ3v) is 4.36. The first-order valence-corrected chi connectivity index (χ1v) is 8.74. The van der Waals surface area contributed by atoms with Gasteiger partial charge in [0.2, 0.25) is 17.7 Å². The Bertz CT molecular complexity index is 1130. The minimum absolute atomic E-state index is 0.233. The third kappa shape index (κ3) is 3.42. The van der Waals surface area contributed by atoms with Crippen LogP contribution < -0.4 is 15.2 Å². The zero-order chi connectivity index (χ0) is 19.5. The van der Waals surface area contributed by atoms with Gasteiger partial charge in [-0.25, -0.2) is 15.0 Å². The lowest BCUT2D eigenvalue weighted by Crippen LogP contribution is -2.04. The van der Waals surface area contributed by atoms with Crippen LogP contribution in [0.4, 0.5) is 5.95 Å². The number of aromatic nitrogens is 4. The summed E-state index contributed by atoms with van der Waals surface area (Å²) >= 11 is 0. The number of pyridine rings is 2. The normalized spacial score (nSPS) is 10.8. The Morgan fingerprint density at radius 1 is 0.821 bits per heavy atom. The molecule has 0 bridgehead atoms. The summed E-state index contributed by atoms with van der Waals surface area (Å²) in [6.07, 6.45) is 0.610. The summed E-state index contributed by atoms with van der Waals surface area (Å²) in [5.74, 6) is 1.14. The lowest BCUT2D eigenvalue weighted by molar-refractivity contribution is 0.366. The van der Waals surface area contributed by atoms with Crippen LogP contribution in [0.1, 0.15) is 11.3 Å². The second-order valence-corrected chi connectivity index (χ2v) is 6.17. The van der Waals surface area contributed by atoms with Crippen LogP contribution in [0, 0.1) is 0 Å². The number of anilines is 1. The number of hydrogen-bond donors (Lipinski definition) is 1. The van der Waals surface area contributed by atoms with Crippen LogP contribution in [0.2, 0.25) is 0 Å². The molecule has 0 aliphatic heterocycles. The van der Waals surface area contributed by atoms with Gasteiger partial charge in [-0.05, 0) is 23.8 Å². The second kappa shape index (κ2) is 7.48. The lowest BCUT2D eigenvalue weighted by Gasteiger charge is -2.11. The fourth-order valence-electron chi connectivity index (χ4n) is 3.04. The first-order valence-electron chi connectivity index (χ1n) is 8.74. The van der Waals surface area contributed by atoms with Crippen LogP contribution in [-0.2, 0) is 6.42 Å². The molecule has 0 spiro atoms. The van der Waals surface area contributed by atoms with Crippen molar-refractivity contribution in [2.24, 2.45) is 0 Å². The predicted octanol–water partition coefficient (Wildman–Crippen LogP) is 3.28. The molecule has 4 aromatic rings. The summed E-state index contributed by atoms with van der Waals surface area (Å²) in [6, 6.07) is 17.5. The second-order valence-electron chi connectivity index (χ2n) is 6.17. The maximum absolute atomic E-state index is 5.91. The molecule has 0 saturated heterocycles. The highest BCUT2D eigenvalue weighted by atomic mass is 16.5. The quantitative estimate of drug-likeness (QED) is 0.573. The first kappa shape index (κ1) is 17.7. The summed E-state index contributed by atoms with van der Waals surface area (Å²) in [5, 5.41) is 0. The van der Waals surface area contributed by atoms with Crippen molar-refractivity contribution in [3.05, 3.63) is 65.9 Å². The van der Waals surface area contributed by atoms with E-state index in [1.165, 1.54) is 0 Å². The number of rotatable bonds is 5. The Hall–Kier alpha value is -3.74. The van der Waals surface area contributed by atoms with E-state index in [-0.39, 0.29) is 5.95 Å². The number of benzene rings is 1. The Labute approximate surface area is 162 Å². The van der Waals surface area contributed by atoms with Gasteiger partial charge in [0.25, 0.3) is 0 Å². The van der Waals surface area contributed by atoms with Gasteiger partial charge in [0.1, 0.15) is 5.52 Å². The van der Waals surface area contributed by atoms with Crippen LogP contribution in [0.25, 0.3) is 22.3 Å². The minimum Gasteiger partial charge on any atom is -0.481 e. The highest BCUT2D eigenvalue weighted by Crippen LogP contribution is 2.30. The van der Waals surface area contributed by atoms with Gasteiger partial charge in [-0.2, -0.15) is 4.98 Å². The Morgan fingerprint density at radius 2 is 1.64 bits per heavy atom. The van der Waals surface area contributed by atoms with E-state index in [1.807, 2.05) is 48.5 Å². The number of nitrogens with zero attached hydrogens (tertiary/aromatic N) is 4. The molecule has 3 heterocycles. The van der Waals surface area contributed by atoms with Gasteiger partial charge in [0.15, 0.2) is 0 Å². The van der Waals surface area contributed by atoms with Crippen molar-refractivity contribution in [1.82, 2.24) is 19.9 Å². The molecule has 4 rings (SSSR count). The third-order valence-electron chi connectivity index (χ3n) is 4.36. The van der Waals surface area contributed by atoms with Gasteiger partial charge in [-0.1, -0.05) is 30.3 Å². The van der Waals surface area contributed by atoms with E-state index in [0.29, 0.717) is 34.9 Å². The van der Waals surface area contributed by atoms with E-state index in [0.717, 1.165) is 16.8 Å². The SMILES string of the molecule is COc1ccc(-c2ccc3nc(N)nc(Cc4ccccc4)c3n2)c(OC)n1. The standard InChI is InChI=1S/C21H19N5O2/c1-27-18-11-8-14(20(26-18)28-2)15-9-10-16-19(23-15)17(25-21(22)24-16)12-13-6-4-3-5-7-13/h3-11H,12H2,1-2H3,(H2,22,24,25). The first-order chi connectivity index (χ1) is 13.7. The predicted molar refractivity (Wildman–Crippen MR) is 107 cm³/mol. The molecule has 0 aliphatic rings. The van der Waals surface area contributed by atoms with Crippen molar-refractivity contribution in [3.8, 4) is 23.0 Å². The van der Waals surface area contributed by atoms with E-state index in [9.17, 15) is 0 Å². The number of ether oxygens (including phenoxy) is 2. The number of fused-ring (bicyclic) bond motifs is 1. The summed E-state index contributed by atoms with van der Waals surface area (Å²) in [4.78, 5) is 17.9. The number of nitrogen functional groups attached to an aromatic ring is 1. The average Bonchev–Trinajstić information content (AvgIpc) is 2.73. The van der Waals surface area contributed by atoms with Gasteiger partial charge in [0.05, 0.1) is 36.7 Å². The molecule has 0 atom stereocenters. The van der Waals surface area contributed by atoms with Crippen molar-refractivity contribution in [3.63, 3.8) is 0 Å². The van der Waals surface area contributed by atoms with Crippen LogP contribution in [0.3, 0.4) is 0 Å². The Kier molecular flexibility index (Phi) is 4.72. The molecule has 0 aliphatic carbocycles. The molecule has 28 heavy (non-hydrogen) atoms. The summed E-state index contributed by atoms with van der Waals surface area (Å²) < 4.78 is 10.6. The average molecular weight is 373 g/mol. The van der Waals surface area contributed by atoms with E-state index >= 15 is 0 Å². The molecule has 0 fully saturated rings. The fraction of sp³-hybridized carbons (Fsp3) is 0.143. The molecule has 2 N–H and O–H groups in total. The summed E-state index contributed by atoms with van der Waals surface area (Å²) in [6.45, 7) is 0. The molecule has 0 radical (unpaired) electrons. The van der Waals surface area contributed by atoms with Gasteiger partial charge in [0, 0.05) is 12.5 Å². The summed E-state index contributed by atoms with van der Waals surface area (Å²) in [7, 11) is 3.13. The van der Waals surface area contributed by atoms with E-state index in [4.69, 9.17) is 20.2 Å². The van der Waals surface area contributed by atoms with Gasteiger partial charge >= 0.3 is 0 Å². The molecular formula is C21H19N5O2. The maximum Gasteiger partial charge on any atom is 0.225 e. The smallest absolute Gasteiger partial charge is 0.225 e. The van der Waals surface area contributed by atoms with Gasteiger partial charge in [-0.15, -0.1) is 0 Å². The van der Waals surface area contributed by atoms with Gasteiger partial charge in [-0.3, -0.25) is 0 Å². The molecular weight excluding hydrogens is 354 g/mol. The molecule has 140 valence electrons. The van der Waals surface area contributed by atoms with E-state index in [2.05, 4.69) is 15.0 Å². The molecule has 1 aromatic carbocycles. The highest BCUT2D eigenvalue weighted by molar-refractivity contribution is 5.82. The number of hydrogen-bond acceptors (Lipinski definition) is 7. The van der Waals surface area contributed by atoms with Gasteiger partial charge < -0.3 is 15.2 Å².